The van der Waals surface area contributed by atoms with Crippen molar-refractivity contribution < 1.29 is 18.4 Å². The molecule has 4 aromatic rings. The average Bonchev–Trinajstić information content (AvgIpc) is 3.42. The number of hydrogen-bond acceptors (Lipinski definition) is 7. The molecule has 4 heterocycles. The summed E-state index contributed by atoms with van der Waals surface area (Å²) in [6.07, 6.45) is 5.97. The Balaban J connectivity index is 1.71. The highest BCUT2D eigenvalue weighted by Gasteiger charge is 2.23. The maximum absolute atomic E-state index is 12.8. The molecule has 0 aliphatic carbocycles. The molecule has 1 amide bonds. The summed E-state index contributed by atoms with van der Waals surface area (Å²) in [6, 6.07) is 9.91. The number of anilines is 1. The van der Waals surface area contributed by atoms with E-state index in [2.05, 4.69) is 15.3 Å². The molecule has 4 rings (SSSR count). The van der Waals surface area contributed by atoms with E-state index in [0.29, 0.717) is 21.9 Å². The molecule has 0 unspecified atom stereocenters. The largest absolute Gasteiger partial charge is 0.463 e. The van der Waals surface area contributed by atoms with Crippen LogP contribution in [0, 0.1) is 0 Å². The van der Waals surface area contributed by atoms with Crippen molar-refractivity contribution >= 4 is 28.2 Å². The third-order valence-corrected chi connectivity index (χ3v) is 4.45. The van der Waals surface area contributed by atoms with Crippen LogP contribution in [0.15, 0.2) is 70.2 Å². The van der Waals surface area contributed by atoms with E-state index >= 15 is 0 Å². The molecule has 1 N–H and O–H groups in total. The Morgan fingerprint density at radius 3 is 2.58 bits per heavy atom. The van der Waals surface area contributed by atoms with Gasteiger partial charge in [-0.1, -0.05) is 11.3 Å². The number of rotatable bonds is 5. The van der Waals surface area contributed by atoms with E-state index in [1.807, 2.05) is 0 Å². The topological polar surface area (TPSA) is 98.2 Å². The van der Waals surface area contributed by atoms with E-state index in [1.54, 1.807) is 36.5 Å². The van der Waals surface area contributed by atoms with Crippen LogP contribution in [0.4, 0.5) is 5.13 Å². The number of hydrogen-bond donors (Lipinski definition) is 1. The molecule has 0 aliphatic heterocycles. The standard InChI is InChI=1S/C18H11N3O4S/c22-15(11-4-1-7-19-10-11)16-14(12-5-2-8-24-12)20-18(26-16)21-17(23)13-6-3-9-25-13/h1-10H,(H,20,21,23). The lowest BCUT2D eigenvalue weighted by molar-refractivity contribution is 0.0995. The van der Waals surface area contributed by atoms with Gasteiger partial charge < -0.3 is 8.83 Å². The van der Waals surface area contributed by atoms with Crippen molar-refractivity contribution in [2.45, 2.75) is 0 Å². The molecular formula is C18H11N3O4S. The van der Waals surface area contributed by atoms with Gasteiger partial charge in [0.2, 0.25) is 5.78 Å². The van der Waals surface area contributed by atoms with E-state index in [0.717, 1.165) is 11.3 Å². The van der Waals surface area contributed by atoms with Crippen molar-refractivity contribution in [1.82, 2.24) is 9.97 Å². The van der Waals surface area contributed by atoms with Crippen molar-refractivity contribution in [3.63, 3.8) is 0 Å². The lowest BCUT2D eigenvalue weighted by Crippen LogP contribution is -2.10. The zero-order chi connectivity index (χ0) is 17.9. The number of ketones is 1. The maximum atomic E-state index is 12.8. The molecule has 0 atom stereocenters. The van der Waals surface area contributed by atoms with E-state index in [4.69, 9.17) is 8.83 Å². The maximum Gasteiger partial charge on any atom is 0.293 e. The minimum Gasteiger partial charge on any atom is -0.463 e. The second kappa shape index (κ2) is 6.77. The van der Waals surface area contributed by atoms with Crippen molar-refractivity contribution in [3.8, 4) is 11.5 Å². The van der Waals surface area contributed by atoms with Crippen LogP contribution in [0.3, 0.4) is 0 Å². The first kappa shape index (κ1) is 16.0. The van der Waals surface area contributed by atoms with Crippen LogP contribution in [-0.4, -0.2) is 21.7 Å². The number of amides is 1. The Hall–Kier alpha value is -3.52. The molecule has 4 aromatic heterocycles. The molecule has 128 valence electrons. The first-order valence-electron chi connectivity index (χ1n) is 7.56. The summed E-state index contributed by atoms with van der Waals surface area (Å²) in [5.74, 6) is -0.109. The monoisotopic (exact) mass is 365 g/mol. The van der Waals surface area contributed by atoms with Gasteiger partial charge in [-0.25, -0.2) is 4.98 Å². The summed E-state index contributed by atoms with van der Waals surface area (Å²) in [6.45, 7) is 0. The first-order valence-corrected chi connectivity index (χ1v) is 8.38. The van der Waals surface area contributed by atoms with Gasteiger partial charge in [0.25, 0.3) is 5.91 Å². The second-order valence-electron chi connectivity index (χ2n) is 5.18. The van der Waals surface area contributed by atoms with E-state index < -0.39 is 5.91 Å². The molecule has 0 radical (unpaired) electrons. The van der Waals surface area contributed by atoms with Gasteiger partial charge in [-0.3, -0.25) is 19.9 Å². The predicted octanol–water partition coefficient (Wildman–Crippen LogP) is 3.87. The molecule has 0 spiro atoms. The van der Waals surface area contributed by atoms with Crippen molar-refractivity contribution in [3.05, 3.63) is 77.5 Å². The molecule has 0 aliphatic rings. The Morgan fingerprint density at radius 2 is 1.88 bits per heavy atom. The number of nitrogens with one attached hydrogen (secondary N) is 1. The van der Waals surface area contributed by atoms with Gasteiger partial charge in [0.05, 0.1) is 12.5 Å². The fourth-order valence-corrected chi connectivity index (χ4v) is 3.23. The quantitative estimate of drug-likeness (QED) is 0.539. The van der Waals surface area contributed by atoms with Crippen molar-refractivity contribution in [2.75, 3.05) is 5.32 Å². The van der Waals surface area contributed by atoms with Crippen molar-refractivity contribution in [2.24, 2.45) is 0 Å². The molecule has 7 nitrogen and oxygen atoms in total. The van der Waals surface area contributed by atoms with Gasteiger partial charge in [-0.15, -0.1) is 0 Å². The summed E-state index contributed by atoms with van der Waals surface area (Å²) in [5, 5.41) is 2.91. The summed E-state index contributed by atoms with van der Waals surface area (Å²) in [5.41, 5.74) is 0.788. The smallest absolute Gasteiger partial charge is 0.293 e. The van der Waals surface area contributed by atoms with Gasteiger partial charge in [-0.05, 0) is 36.4 Å². The van der Waals surface area contributed by atoms with Gasteiger partial charge in [0.15, 0.2) is 16.7 Å². The highest BCUT2D eigenvalue weighted by molar-refractivity contribution is 7.18. The van der Waals surface area contributed by atoms with Crippen molar-refractivity contribution in [1.29, 1.82) is 0 Å². The lowest BCUT2D eigenvalue weighted by atomic mass is 10.1. The number of nitrogens with zero attached hydrogens (tertiary/aromatic N) is 2. The van der Waals surface area contributed by atoms with Gasteiger partial charge in [0.1, 0.15) is 10.6 Å². The summed E-state index contributed by atoms with van der Waals surface area (Å²) in [4.78, 5) is 33.7. The molecule has 0 aromatic carbocycles. The zero-order valence-corrected chi connectivity index (χ0v) is 14.0. The summed E-state index contributed by atoms with van der Waals surface area (Å²) >= 11 is 1.06. The molecular weight excluding hydrogens is 354 g/mol. The van der Waals surface area contributed by atoms with Crippen LogP contribution in [0.2, 0.25) is 0 Å². The van der Waals surface area contributed by atoms with E-state index in [-0.39, 0.29) is 16.7 Å². The number of thiazole rings is 1. The minimum absolute atomic E-state index is 0.153. The highest BCUT2D eigenvalue weighted by atomic mass is 32.1. The zero-order valence-electron chi connectivity index (χ0n) is 13.2. The van der Waals surface area contributed by atoms with Crippen LogP contribution in [0.5, 0.6) is 0 Å². The molecule has 0 fully saturated rings. The van der Waals surface area contributed by atoms with Crippen LogP contribution in [0.1, 0.15) is 25.8 Å². The van der Waals surface area contributed by atoms with E-state index in [9.17, 15) is 9.59 Å². The lowest BCUT2D eigenvalue weighted by Gasteiger charge is -1.99. The Labute approximate surface area is 151 Å². The average molecular weight is 365 g/mol. The number of pyridine rings is 1. The fourth-order valence-electron chi connectivity index (χ4n) is 2.30. The van der Waals surface area contributed by atoms with Crippen LogP contribution < -0.4 is 5.32 Å². The molecule has 0 saturated carbocycles. The number of furan rings is 2. The predicted molar refractivity (Wildman–Crippen MR) is 94.1 cm³/mol. The normalized spacial score (nSPS) is 10.6. The van der Waals surface area contributed by atoms with E-state index in [1.165, 1.54) is 24.8 Å². The molecule has 8 heteroatoms. The first-order chi connectivity index (χ1) is 12.7. The van der Waals surface area contributed by atoms with Crippen LogP contribution >= 0.6 is 11.3 Å². The molecule has 26 heavy (non-hydrogen) atoms. The van der Waals surface area contributed by atoms with Gasteiger partial charge in [-0.2, -0.15) is 0 Å². The minimum atomic E-state index is -0.449. The SMILES string of the molecule is O=C(Nc1nc(-c2ccco2)c(C(=O)c2cccnc2)s1)c1ccco1. The summed E-state index contributed by atoms with van der Waals surface area (Å²) in [7, 11) is 0. The van der Waals surface area contributed by atoms with Gasteiger partial charge >= 0.3 is 0 Å². The summed E-state index contributed by atoms with van der Waals surface area (Å²) < 4.78 is 10.4. The van der Waals surface area contributed by atoms with Crippen LogP contribution in [0.25, 0.3) is 11.5 Å². The van der Waals surface area contributed by atoms with Crippen LogP contribution in [-0.2, 0) is 0 Å². The third-order valence-electron chi connectivity index (χ3n) is 3.48. The highest BCUT2D eigenvalue weighted by Crippen LogP contribution is 2.33. The Morgan fingerprint density at radius 1 is 1.04 bits per heavy atom. The second-order valence-corrected chi connectivity index (χ2v) is 6.18. The molecule has 0 saturated heterocycles. The fraction of sp³-hybridized carbons (Fsp3) is 0. The third kappa shape index (κ3) is 3.05. The number of carbonyl (C=O) groups excluding carboxylic acids is 2. The molecule has 0 bridgehead atoms. The Bertz CT molecular complexity index is 1040. The van der Waals surface area contributed by atoms with Gasteiger partial charge in [0, 0.05) is 18.0 Å². The number of aromatic nitrogens is 2. The Kier molecular flexibility index (Phi) is 4.16. The number of carbonyl (C=O) groups is 2.